The summed E-state index contributed by atoms with van der Waals surface area (Å²) in [5, 5.41) is 3.06. The molecule has 1 aromatic carbocycles. The molecular weight excluding hydrogens is 368 g/mol. The third-order valence-electron chi connectivity index (χ3n) is 3.52. The molecule has 0 saturated carbocycles. The zero-order chi connectivity index (χ0) is 19.0. The molecule has 0 aliphatic carbocycles. The quantitative estimate of drug-likeness (QED) is 0.618. The van der Waals surface area contributed by atoms with Gasteiger partial charge in [-0.3, -0.25) is 9.10 Å². The normalized spacial score (nSPS) is 11.1. The van der Waals surface area contributed by atoms with E-state index >= 15 is 0 Å². The number of hydrogen-bond donors (Lipinski definition) is 1. The molecule has 0 atom stereocenters. The number of nitrogens with one attached hydrogen (secondary N) is 1. The van der Waals surface area contributed by atoms with Crippen LogP contribution in [0.2, 0.25) is 5.02 Å². The minimum Gasteiger partial charge on any atom is -0.495 e. The summed E-state index contributed by atoms with van der Waals surface area (Å²) in [6, 6.07) is 2.96. The zero-order valence-electron chi connectivity index (χ0n) is 15.0. The number of nitrogens with zero attached hydrogens (tertiary/aromatic N) is 1. The number of anilines is 1. The molecule has 1 aromatic rings. The van der Waals surface area contributed by atoms with E-state index in [-0.39, 0.29) is 30.3 Å². The van der Waals surface area contributed by atoms with Crippen LogP contribution >= 0.6 is 11.6 Å². The second-order valence-electron chi connectivity index (χ2n) is 5.45. The fourth-order valence-electron chi connectivity index (χ4n) is 2.20. The second-order valence-corrected chi connectivity index (χ2v) is 7.76. The first-order valence-electron chi connectivity index (χ1n) is 7.90. The van der Waals surface area contributed by atoms with Crippen LogP contribution in [-0.4, -0.2) is 47.9 Å². The van der Waals surface area contributed by atoms with Crippen molar-refractivity contribution < 1.29 is 22.7 Å². The van der Waals surface area contributed by atoms with E-state index in [1.54, 1.807) is 0 Å². The molecule has 1 N–H and O–H groups in total. The van der Waals surface area contributed by atoms with Crippen molar-refractivity contribution >= 4 is 33.2 Å². The molecule has 142 valence electrons. The average molecular weight is 393 g/mol. The number of sulfonamides is 1. The molecule has 0 heterocycles. The van der Waals surface area contributed by atoms with Gasteiger partial charge in [0.25, 0.3) is 0 Å². The Morgan fingerprint density at radius 1 is 1.24 bits per heavy atom. The summed E-state index contributed by atoms with van der Waals surface area (Å²) in [5.74, 6) is 0.392. The molecule has 0 saturated heterocycles. The van der Waals surface area contributed by atoms with Gasteiger partial charge in [-0.1, -0.05) is 24.9 Å². The van der Waals surface area contributed by atoms with Gasteiger partial charge in [-0.05, 0) is 6.42 Å². The molecule has 1 amide bonds. The molecule has 0 fully saturated rings. The first kappa shape index (κ1) is 21.4. The lowest BCUT2D eigenvalue weighted by Gasteiger charge is -2.25. The van der Waals surface area contributed by atoms with Gasteiger partial charge >= 0.3 is 0 Å². The van der Waals surface area contributed by atoms with Crippen LogP contribution in [0.5, 0.6) is 11.5 Å². The SMILES string of the molecule is CCCCNC(=O)CCN(c1cc(OC)c(Cl)cc1OC)S(C)(=O)=O. The molecule has 0 unspecified atom stereocenters. The number of rotatable bonds is 10. The topological polar surface area (TPSA) is 84.9 Å². The fourth-order valence-corrected chi connectivity index (χ4v) is 3.35. The second kappa shape index (κ2) is 9.72. The van der Waals surface area contributed by atoms with Crippen LogP contribution in [-0.2, 0) is 14.8 Å². The van der Waals surface area contributed by atoms with E-state index in [0.29, 0.717) is 17.3 Å². The lowest BCUT2D eigenvalue weighted by atomic mass is 10.2. The van der Waals surface area contributed by atoms with E-state index in [9.17, 15) is 13.2 Å². The highest BCUT2D eigenvalue weighted by Gasteiger charge is 2.24. The van der Waals surface area contributed by atoms with E-state index in [4.69, 9.17) is 21.1 Å². The molecule has 0 spiro atoms. The van der Waals surface area contributed by atoms with Gasteiger partial charge in [0, 0.05) is 31.6 Å². The minimum absolute atomic E-state index is 0.0159. The summed E-state index contributed by atoms with van der Waals surface area (Å²) in [6.07, 6.45) is 2.95. The predicted octanol–water partition coefficient (Wildman–Crippen LogP) is 2.43. The molecule has 0 aliphatic heterocycles. The zero-order valence-corrected chi connectivity index (χ0v) is 16.5. The molecule has 0 aromatic heterocycles. The Morgan fingerprint density at radius 2 is 1.88 bits per heavy atom. The highest BCUT2D eigenvalue weighted by molar-refractivity contribution is 7.92. The summed E-state index contributed by atoms with van der Waals surface area (Å²) >= 11 is 6.06. The Morgan fingerprint density at radius 3 is 2.40 bits per heavy atom. The van der Waals surface area contributed by atoms with Crippen molar-refractivity contribution in [2.45, 2.75) is 26.2 Å². The van der Waals surface area contributed by atoms with Crippen LogP contribution in [0, 0.1) is 0 Å². The summed E-state index contributed by atoms with van der Waals surface area (Å²) in [6.45, 7) is 2.59. The highest BCUT2D eigenvalue weighted by Crippen LogP contribution is 2.39. The molecule has 25 heavy (non-hydrogen) atoms. The average Bonchev–Trinajstić information content (AvgIpc) is 2.54. The number of carbonyl (C=O) groups is 1. The van der Waals surface area contributed by atoms with Crippen molar-refractivity contribution in [3.63, 3.8) is 0 Å². The van der Waals surface area contributed by atoms with E-state index in [2.05, 4.69) is 5.32 Å². The number of ether oxygens (including phenoxy) is 2. The number of hydrogen-bond acceptors (Lipinski definition) is 5. The lowest BCUT2D eigenvalue weighted by Crippen LogP contribution is -2.35. The van der Waals surface area contributed by atoms with Crippen molar-refractivity contribution in [1.82, 2.24) is 5.32 Å². The summed E-state index contributed by atoms with van der Waals surface area (Å²) in [4.78, 5) is 11.9. The van der Waals surface area contributed by atoms with Gasteiger partial charge < -0.3 is 14.8 Å². The largest absolute Gasteiger partial charge is 0.495 e. The Bertz CT molecular complexity index is 694. The highest BCUT2D eigenvalue weighted by atomic mass is 35.5. The van der Waals surface area contributed by atoms with Gasteiger partial charge in [0.1, 0.15) is 11.5 Å². The van der Waals surface area contributed by atoms with Crippen molar-refractivity contribution in [1.29, 1.82) is 0 Å². The van der Waals surface area contributed by atoms with Crippen LogP contribution in [0.1, 0.15) is 26.2 Å². The van der Waals surface area contributed by atoms with Gasteiger partial charge in [-0.2, -0.15) is 0 Å². The maximum Gasteiger partial charge on any atom is 0.232 e. The minimum atomic E-state index is -3.63. The Balaban J connectivity index is 3.06. The lowest BCUT2D eigenvalue weighted by molar-refractivity contribution is -0.120. The summed E-state index contributed by atoms with van der Waals surface area (Å²) in [7, 11) is -0.784. The number of amides is 1. The number of unbranched alkanes of at least 4 members (excludes halogenated alkanes) is 1. The molecule has 1 rings (SSSR count). The van der Waals surface area contributed by atoms with Crippen molar-refractivity contribution in [3.8, 4) is 11.5 Å². The Kier molecular flexibility index (Phi) is 8.31. The fraction of sp³-hybridized carbons (Fsp3) is 0.562. The van der Waals surface area contributed by atoms with Gasteiger partial charge in [0.05, 0.1) is 31.2 Å². The smallest absolute Gasteiger partial charge is 0.232 e. The van der Waals surface area contributed by atoms with Crippen LogP contribution in [0.3, 0.4) is 0 Å². The third kappa shape index (κ3) is 6.28. The Labute approximate surface area is 154 Å². The number of carbonyl (C=O) groups excluding carboxylic acids is 1. The van der Waals surface area contributed by atoms with E-state index in [0.717, 1.165) is 23.4 Å². The van der Waals surface area contributed by atoms with E-state index in [1.807, 2.05) is 6.92 Å². The van der Waals surface area contributed by atoms with Gasteiger partial charge in [-0.15, -0.1) is 0 Å². The third-order valence-corrected chi connectivity index (χ3v) is 4.99. The van der Waals surface area contributed by atoms with Crippen LogP contribution in [0.4, 0.5) is 5.69 Å². The molecule has 0 bridgehead atoms. The van der Waals surface area contributed by atoms with E-state index in [1.165, 1.54) is 26.4 Å². The molecule has 0 radical (unpaired) electrons. The maximum absolute atomic E-state index is 12.2. The molecule has 0 aliphatic rings. The van der Waals surface area contributed by atoms with Gasteiger partial charge in [0.2, 0.25) is 15.9 Å². The Hall–Kier alpha value is -1.67. The number of benzene rings is 1. The van der Waals surface area contributed by atoms with E-state index < -0.39 is 10.0 Å². The first-order chi connectivity index (χ1) is 11.7. The van der Waals surface area contributed by atoms with Crippen LogP contribution in [0.15, 0.2) is 12.1 Å². The predicted molar refractivity (Wildman–Crippen MR) is 99.3 cm³/mol. The standard InChI is InChI=1S/C16H25ClN2O5S/c1-5-6-8-18-16(20)7-9-19(25(4,21)22)13-11-14(23-2)12(17)10-15(13)24-3/h10-11H,5-9H2,1-4H3,(H,18,20). The van der Waals surface area contributed by atoms with Crippen LogP contribution in [0.25, 0.3) is 0 Å². The maximum atomic E-state index is 12.2. The summed E-state index contributed by atoms with van der Waals surface area (Å²) in [5.41, 5.74) is 0.271. The van der Waals surface area contributed by atoms with Crippen molar-refractivity contribution in [3.05, 3.63) is 17.2 Å². The monoisotopic (exact) mass is 392 g/mol. The van der Waals surface area contributed by atoms with Gasteiger partial charge in [-0.25, -0.2) is 8.42 Å². The van der Waals surface area contributed by atoms with Crippen LogP contribution < -0.4 is 19.1 Å². The number of methoxy groups -OCH3 is 2. The van der Waals surface area contributed by atoms with Gasteiger partial charge in [0.15, 0.2) is 0 Å². The van der Waals surface area contributed by atoms with Crippen molar-refractivity contribution in [2.75, 3.05) is 37.9 Å². The molecule has 9 heteroatoms. The summed E-state index contributed by atoms with van der Waals surface area (Å²) < 4.78 is 36.0. The first-order valence-corrected chi connectivity index (χ1v) is 10.1. The molecule has 7 nitrogen and oxygen atoms in total. The molecular formula is C16H25ClN2O5S. The number of halogens is 1. The van der Waals surface area contributed by atoms with Crippen molar-refractivity contribution in [2.24, 2.45) is 0 Å².